The number of Topliss-reactive ketones (excluding diaryl/α,β-unsaturated/α-hetero) is 2. The maximum atomic E-state index is 14.0. The van der Waals surface area contributed by atoms with Gasteiger partial charge in [0.1, 0.15) is 5.82 Å². The third-order valence-corrected chi connectivity index (χ3v) is 8.99. The summed E-state index contributed by atoms with van der Waals surface area (Å²) in [5.74, 6) is 0.423. The summed E-state index contributed by atoms with van der Waals surface area (Å²) in [5, 5.41) is 0.984. The van der Waals surface area contributed by atoms with Crippen molar-refractivity contribution in [3.8, 4) is 0 Å². The molecule has 1 saturated heterocycles. The van der Waals surface area contributed by atoms with Gasteiger partial charge in [-0.1, -0.05) is 42.0 Å². The van der Waals surface area contributed by atoms with Gasteiger partial charge in [0.25, 0.3) is 0 Å². The predicted molar refractivity (Wildman–Crippen MR) is 156 cm³/mol. The Morgan fingerprint density at radius 1 is 1.10 bits per heavy atom. The third-order valence-electron chi connectivity index (χ3n) is 8.99. The second-order valence-electron chi connectivity index (χ2n) is 11.6. The Morgan fingerprint density at radius 3 is 2.62 bits per heavy atom. The smallest absolute Gasteiger partial charge is 0.165 e. The molecule has 2 aromatic carbocycles. The molecule has 0 radical (unpaired) electrons. The molecule has 3 unspecified atom stereocenters. The zero-order chi connectivity index (χ0) is 27.8. The molecule has 5 heteroatoms. The van der Waals surface area contributed by atoms with E-state index in [-0.39, 0.29) is 29.5 Å². The molecule has 2 heterocycles. The second kappa shape index (κ2) is 11.1. The summed E-state index contributed by atoms with van der Waals surface area (Å²) in [4.78, 5) is 28.7. The summed E-state index contributed by atoms with van der Waals surface area (Å²) < 4.78 is 16.4. The number of benzene rings is 2. The summed E-state index contributed by atoms with van der Waals surface area (Å²) in [7, 11) is 2.12. The average Bonchev–Trinajstić information content (AvgIpc) is 3.19. The van der Waals surface area contributed by atoms with Crippen LogP contribution in [0.25, 0.3) is 10.9 Å². The van der Waals surface area contributed by atoms with Crippen LogP contribution in [0.2, 0.25) is 0 Å². The van der Waals surface area contributed by atoms with Gasteiger partial charge in [0.2, 0.25) is 0 Å². The summed E-state index contributed by atoms with van der Waals surface area (Å²) in [6.07, 6.45) is 5.29. The molecule has 2 aliphatic rings. The molecule has 39 heavy (non-hydrogen) atoms. The molecule has 0 saturated carbocycles. The number of ketones is 2. The lowest BCUT2D eigenvalue weighted by Gasteiger charge is -2.40. The van der Waals surface area contributed by atoms with Gasteiger partial charge in [0, 0.05) is 47.1 Å². The van der Waals surface area contributed by atoms with Crippen molar-refractivity contribution in [2.45, 2.75) is 71.9 Å². The molecular weight excluding hydrogens is 487 g/mol. The van der Waals surface area contributed by atoms with E-state index in [0.29, 0.717) is 25.2 Å². The molecule has 1 fully saturated rings. The van der Waals surface area contributed by atoms with Crippen molar-refractivity contribution >= 4 is 22.5 Å². The first-order chi connectivity index (χ1) is 18.7. The van der Waals surface area contributed by atoms with E-state index in [4.69, 9.17) is 0 Å². The SMILES string of the molecule is CC1=CC(C)=C(CCC(=O)c2c(C)n(C(C)C3CCN(C)C(c4cccc(F)c4)C3)c3ccccc23)C(=O)C1. The first-order valence-electron chi connectivity index (χ1n) is 14.1. The van der Waals surface area contributed by atoms with Crippen molar-refractivity contribution in [3.05, 3.63) is 94.0 Å². The molecular formula is C34H39FN2O2. The minimum absolute atomic E-state index is 0.0926. The van der Waals surface area contributed by atoms with Gasteiger partial charge in [-0.25, -0.2) is 4.39 Å². The van der Waals surface area contributed by atoms with Crippen LogP contribution in [0.3, 0.4) is 0 Å². The minimum Gasteiger partial charge on any atom is -0.341 e. The van der Waals surface area contributed by atoms with E-state index in [1.165, 1.54) is 6.07 Å². The van der Waals surface area contributed by atoms with Gasteiger partial charge >= 0.3 is 0 Å². The monoisotopic (exact) mass is 526 g/mol. The molecule has 0 spiro atoms. The molecule has 0 bridgehead atoms. The Bertz CT molecular complexity index is 1490. The largest absolute Gasteiger partial charge is 0.341 e. The number of rotatable bonds is 7. The standard InChI is InChI=1S/C34H39FN2O2/c1-21-17-22(2)28(33(39)18-21)13-14-32(38)34-24(4)37(30-12-7-6-11-29(30)34)23(3)25-15-16-36(5)31(20-25)26-9-8-10-27(35)19-26/h6-12,17,19,23,25,31H,13-16,18,20H2,1-5H3. The average molecular weight is 527 g/mol. The van der Waals surface area contributed by atoms with E-state index >= 15 is 0 Å². The fourth-order valence-corrected chi connectivity index (χ4v) is 6.92. The number of nitrogens with zero attached hydrogens (tertiary/aromatic N) is 2. The van der Waals surface area contributed by atoms with Gasteiger partial charge in [0.05, 0.1) is 0 Å². The molecule has 204 valence electrons. The van der Waals surface area contributed by atoms with E-state index in [0.717, 1.165) is 63.8 Å². The van der Waals surface area contributed by atoms with Crippen molar-refractivity contribution in [1.82, 2.24) is 9.47 Å². The minimum atomic E-state index is -0.196. The number of piperidine rings is 1. The van der Waals surface area contributed by atoms with Gasteiger partial charge in [-0.05, 0) is 101 Å². The summed E-state index contributed by atoms with van der Waals surface area (Å²) in [5.41, 5.74) is 6.72. The second-order valence-corrected chi connectivity index (χ2v) is 11.6. The van der Waals surface area contributed by atoms with Crippen LogP contribution in [0.1, 0.15) is 86.6 Å². The number of carbonyl (C=O) groups excluding carboxylic acids is 2. The highest BCUT2D eigenvalue weighted by molar-refractivity contribution is 6.10. The van der Waals surface area contributed by atoms with Crippen molar-refractivity contribution < 1.29 is 14.0 Å². The molecule has 1 aliphatic carbocycles. The van der Waals surface area contributed by atoms with Crippen molar-refractivity contribution in [1.29, 1.82) is 0 Å². The van der Waals surface area contributed by atoms with Crippen molar-refractivity contribution in [2.75, 3.05) is 13.6 Å². The van der Waals surface area contributed by atoms with E-state index in [1.807, 2.05) is 38.1 Å². The normalized spacial score (nSPS) is 21.4. The van der Waals surface area contributed by atoms with Crippen molar-refractivity contribution in [2.24, 2.45) is 5.92 Å². The lowest BCUT2D eigenvalue weighted by Crippen LogP contribution is -2.36. The van der Waals surface area contributed by atoms with Gasteiger partial charge < -0.3 is 4.57 Å². The highest BCUT2D eigenvalue weighted by Crippen LogP contribution is 2.41. The van der Waals surface area contributed by atoms with Gasteiger partial charge in [-0.3, -0.25) is 14.5 Å². The number of para-hydroxylation sites is 1. The highest BCUT2D eigenvalue weighted by Gasteiger charge is 2.33. The third kappa shape index (κ3) is 5.29. The van der Waals surface area contributed by atoms with Crippen LogP contribution in [-0.2, 0) is 4.79 Å². The number of halogens is 1. The topological polar surface area (TPSA) is 42.3 Å². The first kappa shape index (κ1) is 27.3. The zero-order valence-electron chi connectivity index (χ0n) is 23.8. The Hall–Kier alpha value is -3.31. The predicted octanol–water partition coefficient (Wildman–Crippen LogP) is 7.93. The van der Waals surface area contributed by atoms with Gasteiger partial charge in [0.15, 0.2) is 11.6 Å². The first-order valence-corrected chi connectivity index (χ1v) is 14.1. The van der Waals surface area contributed by atoms with Crippen LogP contribution < -0.4 is 0 Å². The van der Waals surface area contributed by atoms with Crippen LogP contribution in [0.15, 0.2) is 71.3 Å². The van der Waals surface area contributed by atoms with E-state index in [1.54, 1.807) is 12.1 Å². The van der Waals surface area contributed by atoms with Crippen molar-refractivity contribution in [3.63, 3.8) is 0 Å². The fraction of sp³-hybridized carbons (Fsp3) is 0.412. The lowest BCUT2D eigenvalue weighted by atomic mass is 9.83. The highest BCUT2D eigenvalue weighted by atomic mass is 19.1. The number of carbonyl (C=O) groups is 2. The van der Waals surface area contributed by atoms with E-state index < -0.39 is 0 Å². The molecule has 3 aromatic rings. The Labute approximate surface area is 231 Å². The fourth-order valence-electron chi connectivity index (χ4n) is 6.92. The van der Waals surface area contributed by atoms with Crippen LogP contribution in [0, 0.1) is 18.7 Å². The summed E-state index contributed by atoms with van der Waals surface area (Å²) in [6.45, 7) is 9.21. The molecule has 1 aromatic heterocycles. The molecule has 0 amide bonds. The van der Waals surface area contributed by atoms with Gasteiger partial charge in [-0.15, -0.1) is 0 Å². The quantitative estimate of drug-likeness (QED) is 0.294. The Morgan fingerprint density at radius 2 is 1.87 bits per heavy atom. The Kier molecular flexibility index (Phi) is 7.73. The maximum absolute atomic E-state index is 14.0. The molecule has 0 N–H and O–H groups in total. The van der Waals surface area contributed by atoms with Crippen LogP contribution in [0.4, 0.5) is 4.39 Å². The molecule has 5 rings (SSSR count). The maximum Gasteiger partial charge on any atom is 0.165 e. The zero-order valence-corrected chi connectivity index (χ0v) is 23.8. The van der Waals surface area contributed by atoms with E-state index in [9.17, 15) is 14.0 Å². The number of allylic oxidation sites excluding steroid dienone is 4. The number of hydrogen-bond acceptors (Lipinski definition) is 3. The Balaban J connectivity index is 1.43. The van der Waals surface area contributed by atoms with Crippen LogP contribution in [0.5, 0.6) is 0 Å². The lowest BCUT2D eigenvalue weighted by molar-refractivity contribution is -0.115. The molecule has 1 aliphatic heterocycles. The molecule has 4 nitrogen and oxygen atoms in total. The summed E-state index contributed by atoms with van der Waals surface area (Å²) >= 11 is 0. The summed E-state index contributed by atoms with van der Waals surface area (Å²) in [6, 6.07) is 15.5. The number of aromatic nitrogens is 1. The number of fused-ring (bicyclic) bond motifs is 1. The van der Waals surface area contributed by atoms with Gasteiger partial charge in [-0.2, -0.15) is 0 Å². The van der Waals surface area contributed by atoms with E-state index in [2.05, 4.69) is 42.5 Å². The number of hydrogen-bond donors (Lipinski definition) is 0. The van der Waals surface area contributed by atoms with Crippen LogP contribution in [-0.4, -0.2) is 34.6 Å². The molecule has 3 atom stereocenters. The van der Waals surface area contributed by atoms with Crippen LogP contribution >= 0.6 is 0 Å². The number of likely N-dealkylation sites (tertiary alicyclic amines) is 1.